The number of oxime groups is 1. The molecule has 17 heavy (non-hydrogen) atoms. The lowest BCUT2D eigenvalue weighted by atomic mass is 10.3. The van der Waals surface area contributed by atoms with E-state index in [2.05, 4.69) is 29.8 Å². The van der Waals surface area contributed by atoms with Crippen LogP contribution in [-0.2, 0) is 11.5 Å². The van der Waals surface area contributed by atoms with E-state index in [1.165, 1.54) is 0 Å². The van der Waals surface area contributed by atoms with Gasteiger partial charge in [0.25, 0.3) is 0 Å². The van der Waals surface area contributed by atoms with Crippen molar-refractivity contribution in [2.75, 3.05) is 6.61 Å². The van der Waals surface area contributed by atoms with Crippen LogP contribution in [0.1, 0.15) is 12.6 Å². The summed E-state index contributed by atoms with van der Waals surface area (Å²) in [5, 5.41) is 11.7. The van der Waals surface area contributed by atoms with Gasteiger partial charge in [0.1, 0.15) is 18.1 Å². The van der Waals surface area contributed by atoms with E-state index >= 15 is 0 Å². The fourth-order valence-electron chi connectivity index (χ4n) is 1.22. The first-order chi connectivity index (χ1) is 7.92. The molecule has 0 bridgehead atoms. The summed E-state index contributed by atoms with van der Waals surface area (Å²) in [6, 6.07) is 1.16. The zero-order valence-electron chi connectivity index (χ0n) is 11.0. The minimum Gasteiger partial charge on any atom is -0.411 e. The van der Waals surface area contributed by atoms with Crippen LogP contribution in [0.2, 0.25) is 25.7 Å². The maximum Gasteiger partial charge on any atom is 0.123 e. The summed E-state index contributed by atoms with van der Waals surface area (Å²) in [7, 11) is -1.02. The second kappa shape index (κ2) is 5.97. The molecule has 5 nitrogen and oxygen atoms in total. The van der Waals surface area contributed by atoms with Gasteiger partial charge in [0, 0.05) is 20.9 Å². The Morgan fingerprint density at radius 3 is 2.82 bits per heavy atom. The van der Waals surface area contributed by atoms with E-state index in [9.17, 15) is 0 Å². The summed E-state index contributed by atoms with van der Waals surface area (Å²) in [6.07, 6.45) is 3.49. The zero-order valence-corrected chi connectivity index (χ0v) is 12.0. The maximum atomic E-state index is 8.61. The number of hydrogen-bond donors (Lipinski definition) is 1. The lowest BCUT2D eigenvalue weighted by Gasteiger charge is -2.15. The van der Waals surface area contributed by atoms with Gasteiger partial charge in [-0.3, -0.25) is 0 Å². The van der Waals surface area contributed by atoms with Crippen molar-refractivity contribution in [2.45, 2.75) is 39.3 Å². The predicted octanol–water partition coefficient (Wildman–Crippen LogP) is 2.39. The number of nitrogens with zero attached hydrogens (tertiary/aromatic N) is 3. The van der Waals surface area contributed by atoms with Gasteiger partial charge in [-0.05, 0) is 13.0 Å². The van der Waals surface area contributed by atoms with E-state index in [1.807, 2.05) is 10.8 Å². The van der Waals surface area contributed by atoms with Crippen molar-refractivity contribution < 1.29 is 9.94 Å². The van der Waals surface area contributed by atoms with Gasteiger partial charge in [0.2, 0.25) is 0 Å². The first-order valence-electron chi connectivity index (χ1n) is 5.71. The molecule has 0 radical (unpaired) electrons. The Morgan fingerprint density at radius 1 is 1.53 bits per heavy atom. The van der Waals surface area contributed by atoms with Gasteiger partial charge in [-0.25, -0.2) is 4.98 Å². The molecule has 0 saturated carbocycles. The Kier molecular flexibility index (Phi) is 4.89. The molecular weight excluding hydrogens is 234 g/mol. The Balaban J connectivity index is 2.36. The Morgan fingerprint density at radius 2 is 2.24 bits per heavy atom. The maximum absolute atomic E-state index is 8.61. The van der Waals surface area contributed by atoms with Crippen LogP contribution >= 0.6 is 0 Å². The second-order valence-corrected chi connectivity index (χ2v) is 10.9. The van der Waals surface area contributed by atoms with Crippen molar-refractivity contribution in [3.05, 3.63) is 18.2 Å². The zero-order chi connectivity index (χ0) is 12.9. The normalized spacial score (nSPS) is 13.1. The third-order valence-corrected chi connectivity index (χ3v) is 4.09. The monoisotopic (exact) mass is 255 g/mol. The van der Waals surface area contributed by atoms with Crippen LogP contribution in [-0.4, -0.2) is 35.2 Å². The molecule has 1 rings (SSSR count). The fraction of sp³-hybridized carbons (Fsp3) is 0.636. The largest absolute Gasteiger partial charge is 0.411 e. The highest BCUT2D eigenvalue weighted by Gasteiger charge is 2.12. The van der Waals surface area contributed by atoms with Gasteiger partial charge >= 0.3 is 0 Å². The van der Waals surface area contributed by atoms with Gasteiger partial charge < -0.3 is 14.5 Å². The molecule has 1 N–H and O–H groups in total. The van der Waals surface area contributed by atoms with Gasteiger partial charge in [0.15, 0.2) is 0 Å². The molecule has 0 aromatic carbocycles. The van der Waals surface area contributed by atoms with E-state index in [1.54, 1.807) is 13.3 Å². The van der Waals surface area contributed by atoms with Crippen LogP contribution in [0, 0.1) is 0 Å². The van der Waals surface area contributed by atoms with E-state index in [0.717, 1.165) is 12.7 Å². The van der Waals surface area contributed by atoms with E-state index in [-0.39, 0.29) is 0 Å². The lowest BCUT2D eigenvalue weighted by molar-refractivity contribution is 0.0871. The minimum absolute atomic E-state index is 0.496. The average molecular weight is 255 g/mol. The third kappa shape index (κ3) is 5.14. The first-order valence-corrected chi connectivity index (χ1v) is 9.41. The van der Waals surface area contributed by atoms with Gasteiger partial charge in [0.05, 0.1) is 6.33 Å². The molecule has 6 heteroatoms. The van der Waals surface area contributed by atoms with Crippen LogP contribution in [0.15, 0.2) is 17.7 Å². The molecular formula is C11H21N3O2Si. The Labute approximate surface area is 103 Å². The number of aromatic nitrogens is 2. The van der Waals surface area contributed by atoms with E-state index in [4.69, 9.17) is 9.94 Å². The number of ether oxygens (including phenoxy) is 1. The molecule has 0 atom stereocenters. The summed E-state index contributed by atoms with van der Waals surface area (Å²) in [6.45, 7) is 9.97. The predicted molar refractivity (Wildman–Crippen MR) is 70.3 cm³/mol. The molecule has 0 fully saturated rings. The molecule has 0 aliphatic heterocycles. The van der Waals surface area contributed by atoms with Crippen LogP contribution in [0.5, 0.6) is 0 Å². The smallest absolute Gasteiger partial charge is 0.123 e. The van der Waals surface area contributed by atoms with Gasteiger partial charge in [-0.1, -0.05) is 24.8 Å². The SMILES string of the molecule is CC(=NO)c1cn(COCC[Si](C)(C)C)cn1. The van der Waals surface area contributed by atoms with Crippen LogP contribution in [0.25, 0.3) is 0 Å². The fourth-order valence-corrected chi connectivity index (χ4v) is 1.97. The standard InChI is InChI=1S/C11H21N3O2Si/c1-10(13-15)11-7-14(8-12-11)9-16-5-6-17(2,3)4/h7-8,15H,5-6,9H2,1-4H3. The molecule has 0 spiro atoms. The van der Waals surface area contributed by atoms with Crippen molar-refractivity contribution in [2.24, 2.45) is 5.16 Å². The second-order valence-electron chi connectivity index (χ2n) is 5.31. The summed E-state index contributed by atoms with van der Waals surface area (Å²) < 4.78 is 7.42. The molecule has 0 aliphatic rings. The minimum atomic E-state index is -1.02. The Bertz CT molecular complexity index is 382. The summed E-state index contributed by atoms with van der Waals surface area (Å²) in [5.41, 5.74) is 1.17. The van der Waals surface area contributed by atoms with Crippen molar-refractivity contribution >= 4 is 13.8 Å². The van der Waals surface area contributed by atoms with Crippen LogP contribution in [0.4, 0.5) is 0 Å². The third-order valence-electron chi connectivity index (χ3n) is 2.39. The lowest BCUT2D eigenvalue weighted by Crippen LogP contribution is -2.21. The number of hydrogen-bond acceptors (Lipinski definition) is 4. The molecule has 1 aromatic heterocycles. The highest BCUT2D eigenvalue weighted by Crippen LogP contribution is 2.08. The molecule has 96 valence electrons. The summed E-state index contributed by atoms with van der Waals surface area (Å²) in [5.74, 6) is 0. The Hall–Kier alpha value is -1.14. The van der Waals surface area contributed by atoms with E-state index < -0.39 is 8.07 Å². The van der Waals surface area contributed by atoms with Crippen molar-refractivity contribution in [1.29, 1.82) is 0 Å². The van der Waals surface area contributed by atoms with Gasteiger partial charge in [-0.15, -0.1) is 0 Å². The highest BCUT2D eigenvalue weighted by molar-refractivity contribution is 6.76. The topological polar surface area (TPSA) is 59.6 Å². The van der Waals surface area contributed by atoms with Crippen LogP contribution in [0.3, 0.4) is 0 Å². The van der Waals surface area contributed by atoms with E-state index in [0.29, 0.717) is 18.1 Å². The summed E-state index contributed by atoms with van der Waals surface area (Å²) >= 11 is 0. The number of imidazole rings is 1. The first kappa shape index (κ1) is 13.9. The quantitative estimate of drug-likeness (QED) is 0.279. The molecule has 1 heterocycles. The van der Waals surface area contributed by atoms with Crippen LogP contribution < -0.4 is 0 Å². The molecule has 0 saturated heterocycles. The van der Waals surface area contributed by atoms with Gasteiger partial charge in [-0.2, -0.15) is 0 Å². The molecule has 0 amide bonds. The van der Waals surface area contributed by atoms with Crippen molar-refractivity contribution in [1.82, 2.24) is 9.55 Å². The molecule has 0 aliphatic carbocycles. The van der Waals surface area contributed by atoms with Crippen molar-refractivity contribution in [3.63, 3.8) is 0 Å². The average Bonchev–Trinajstić information content (AvgIpc) is 2.70. The van der Waals surface area contributed by atoms with Crippen molar-refractivity contribution in [3.8, 4) is 0 Å². The number of rotatable bonds is 6. The molecule has 1 aromatic rings. The highest BCUT2D eigenvalue weighted by atomic mass is 28.3. The molecule has 0 unspecified atom stereocenters. The summed E-state index contributed by atoms with van der Waals surface area (Å²) in [4.78, 5) is 4.12.